The van der Waals surface area contributed by atoms with Gasteiger partial charge in [-0.25, -0.2) is 0 Å². The molecule has 0 aliphatic rings. The largest absolute Gasteiger partial charge is 1.00 e. The van der Waals surface area contributed by atoms with Crippen LogP contribution in [0.1, 0.15) is 18.1 Å². The molecule has 2 nitrogen and oxygen atoms in total. The van der Waals surface area contributed by atoms with Crippen LogP contribution in [0.5, 0.6) is 0 Å². The maximum atomic E-state index is 11.4. The number of benzene rings is 2. The van der Waals surface area contributed by atoms with E-state index >= 15 is 0 Å². The van der Waals surface area contributed by atoms with Crippen LogP contribution in [0.3, 0.4) is 0 Å². The van der Waals surface area contributed by atoms with Crippen LogP contribution in [0, 0.1) is 5.92 Å². The van der Waals surface area contributed by atoms with Gasteiger partial charge in [0.25, 0.3) is 0 Å². The smallest absolute Gasteiger partial charge is 0.0974 e. The van der Waals surface area contributed by atoms with Gasteiger partial charge in [-0.3, -0.25) is 0 Å². The van der Waals surface area contributed by atoms with Gasteiger partial charge in [-0.2, -0.15) is 0 Å². The minimum atomic E-state index is -0.854. The van der Waals surface area contributed by atoms with Crippen LogP contribution in [0.4, 0.5) is 0 Å². The molecule has 0 amide bonds. The Bertz CT molecular complexity index is 544. The van der Waals surface area contributed by atoms with Crippen molar-refractivity contribution in [1.82, 2.24) is 4.90 Å². The molecular formula is C19H25ClNO-. The van der Waals surface area contributed by atoms with Gasteiger partial charge < -0.3 is 22.4 Å². The van der Waals surface area contributed by atoms with Gasteiger partial charge in [0, 0.05) is 18.9 Å². The van der Waals surface area contributed by atoms with Crippen LogP contribution in [-0.4, -0.2) is 30.6 Å². The van der Waals surface area contributed by atoms with Crippen molar-refractivity contribution in [3.63, 3.8) is 0 Å². The highest BCUT2D eigenvalue weighted by Gasteiger charge is 2.35. The number of halogens is 1. The fourth-order valence-electron chi connectivity index (χ4n) is 2.89. The van der Waals surface area contributed by atoms with Gasteiger partial charge in [0.1, 0.15) is 0 Å². The molecule has 2 atom stereocenters. The van der Waals surface area contributed by atoms with Crippen molar-refractivity contribution in [2.45, 2.75) is 18.9 Å². The number of aliphatic hydroxyl groups is 1. The number of hydrogen-bond donors (Lipinski definition) is 1. The quantitative estimate of drug-likeness (QED) is 0.829. The number of rotatable bonds is 6. The van der Waals surface area contributed by atoms with Crippen molar-refractivity contribution in [2.75, 3.05) is 20.6 Å². The van der Waals surface area contributed by atoms with Gasteiger partial charge in [0.2, 0.25) is 0 Å². The summed E-state index contributed by atoms with van der Waals surface area (Å²) in [7, 11) is 4.09. The summed E-state index contributed by atoms with van der Waals surface area (Å²) in [5.41, 5.74) is 1.30. The second kappa shape index (κ2) is 8.33. The van der Waals surface area contributed by atoms with Crippen LogP contribution in [0.25, 0.3) is 0 Å². The molecule has 3 heteroatoms. The van der Waals surface area contributed by atoms with Gasteiger partial charge in [0.15, 0.2) is 0 Å². The fourth-order valence-corrected chi connectivity index (χ4v) is 2.89. The Balaban J connectivity index is 0.00000242. The Kier molecular flexibility index (Phi) is 7.08. The average Bonchev–Trinajstić information content (AvgIpc) is 2.48. The van der Waals surface area contributed by atoms with Gasteiger partial charge >= 0.3 is 0 Å². The maximum absolute atomic E-state index is 11.4. The Hall–Kier alpha value is -1.35. The first-order valence-corrected chi connectivity index (χ1v) is 7.49. The van der Waals surface area contributed by atoms with E-state index in [0.717, 1.165) is 17.7 Å². The van der Waals surface area contributed by atoms with Crippen molar-refractivity contribution < 1.29 is 17.5 Å². The summed E-state index contributed by atoms with van der Waals surface area (Å²) in [5, 5.41) is 11.4. The molecule has 0 spiro atoms. The van der Waals surface area contributed by atoms with Crippen LogP contribution >= 0.6 is 0 Å². The van der Waals surface area contributed by atoms with Crippen molar-refractivity contribution in [2.24, 2.45) is 5.92 Å². The monoisotopic (exact) mass is 318 g/mol. The van der Waals surface area contributed by atoms with E-state index in [1.54, 1.807) is 0 Å². The molecule has 0 aliphatic carbocycles. The highest BCUT2D eigenvalue weighted by molar-refractivity contribution is 5.27. The second-order valence-corrected chi connectivity index (χ2v) is 6.12. The molecular weight excluding hydrogens is 294 g/mol. The molecule has 2 aromatic carbocycles. The van der Waals surface area contributed by atoms with Crippen molar-refractivity contribution in [3.8, 4) is 0 Å². The molecule has 22 heavy (non-hydrogen) atoms. The van der Waals surface area contributed by atoms with Crippen molar-refractivity contribution in [3.05, 3.63) is 71.8 Å². The zero-order valence-electron chi connectivity index (χ0n) is 13.5. The summed E-state index contributed by atoms with van der Waals surface area (Å²) in [6.07, 6.45) is 0.632. The first kappa shape index (κ1) is 18.7. The van der Waals surface area contributed by atoms with E-state index in [4.69, 9.17) is 0 Å². The van der Waals surface area contributed by atoms with E-state index in [0.29, 0.717) is 6.42 Å². The Morgan fingerprint density at radius 1 is 0.955 bits per heavy atom. The molecule has 1 N–H and O–H groups in total. The summed E-state index contributed by atoms with van der Waals surface area (Å²) < 4.78 is 0. The molecule has 2 rings (SSSR count). The van der Waals surface area contributed by atoms with E-state index < -0.39 is 5.60 Å². The summed E-state index contributed by atoms with van der Waals surface area (Å²) >= 11 is 0. The van der Waals surface area contributed by atoms with Crippen molar-refractivity contribution >= 4 is 0 Å². The third kappa shape index (κ3) is 4.57. The number of hydrogen-bond acceptors (Lipinski definition) is 2. The van der Waals surface area contributed by atoms with Crippen LogP contribution in [0.2, 0.25) is 0 Å². The van der Waals surface area contributed by atoms with Crippen LogP contribution in [-0.2, 0) is 12.0 Å². The molecule has 0 heterocycles. The molecule has 0 radical (unpaired) electrons. The van der Waals surface area contributed by atoms with Gasteiger partial charge in [-0.15, -0.1) is 0 Å². The molecule has 0 aromatic heterocycles. The highest BCUT2D eigenvalue weighted by atomic mass is 35.5. The van der Waals surface area contributed by atoms with E-state index in [2.05, 4.69) is 24.0 Å². The standard InChI is InChI=1S/C19H25NO.ClH/c1-16(15-20(2)3)19(21,18-12-8-5-9-13-18)14-17-10-6-4-7-11-17;/h4-13,16,21H,14-15H2,1-3H3;1H/p-1. The third-order valence-electron chi connectivity index (χ3n) is 4.04. The predicted molar refractivity (Wildman–Crippen MR) is 88.2 cm³/mol. The van der Waals surface area contributed by atoms with E-state index in [9.17, 15) is 5.11 Å². The summed E-state index contributed by atoms with van der Waals surface area (Å²) in [6, 6.07) is 20.2. The Morgan fingerprint density at radius 2 is 1.45 bits per heavy atom. The van der Waals surface area contributed by atoms with Gasteiger partial charge in [0.05, 0.1) is 5.60 Å². The van der Waals surface area contributed by atoms with E-state index in [1.807, 2.05) is 62.6 Å². The summed E-state index contributed by atoms with van der Waals surface area (Å²) in [5.74, 6) is 0.134. The SMILES string of the molecule is CC(CN(C)C)C(O)(Cc1ccccc1)c1ccccc1.[Cl-]. The van der Waals surface area contributed by atoms with E-state index in [-0.39, 0.29) is 18.3 Å². The maximum Gasteiger partial charge on any atom is 0.0974 e. The molecule has 0 saturated carbocycles. The zero-order valence-corrected chi connectivity index (χ0v) is 14.3. The van der Waals surface area contributed by atoms with E-state index in [1.165, 1.54) is 0 Å². The molecule has 0 bridgehead atoms. The summed E-state index contributed by atoms with van der Waals surface area (Å²) in [4.78, 5) is 2.13. The molecule has 0 aliphatic heterocycles. The van der Waals surface area contributed by atoms with Gasteiger partial charge in [-0.1, -0.05) is 67.6 Å². The summed E-state index contributed by atoms with van der Waals surface area (Å²) in [6.45, 7) is 2.97. The van der Waals surface area contributed by atoms with Crippen LogP contribution in [0.15, 0.2) is 60.7 Å². The zero-order chi connectivity index (χ0) is 15.3. The average molecular weight is 319 g/mol. The van der Waals surface area contributed by atoms with Gasteiger partial charge in [-0.05, 0) is 25.2 Å². The van der Waals surface area contributed by atoms with Crippen molar-refractivity contribution in [1.29, 1.82) is 0 Å². The Labute approximate surface area is 140 Å². The number of nitrogens with zero attached hydrogens (tertiary/aromatic N) is 1. The minimum Gasteiger partial charge on any atom is -1.00 e. The molecule has 2 unspecified atom stereocenters. The lowest BCUT2D eigenvalue weighted by atomic mass is 9.77. The normalized spacial score (nSPS) is 15.0. The molecule has 0 fully saturated rings. The highest BCUT2D eigenvalue weighted by Crippen LogP contribution is 2.33. The minimum absolute atomic E-state index is 0. The Morgan fingerprint density at radius 3 is 1.95 bits per heavy atom. The lowest BCUT2D eigenvalue weighted by molar-refractivity contribution is -0.0254. The lowest BCUT2D eigenvalue weighted by Crippen LogP contribution is -3.00. The third-order valence-corrected chi connectivity index (χ3v) is 4.04. The molecule has 0 saturated heterocycles. The lowest BCUT2D eigenvalue weighted by Gasteiger charge is -2.36. The topological polar surface area (TPSA) is 23.5 Å². The van der Waals surface area contributed by atoms with Crippen LogP contribution < -0.4 is 12.4 Å². The molecule has 2 aromatic rings. The first-order chi connectivity index (χ1) is 10.0. The molecule has 120 valence electrons. The first-order valence-electron chi connectivity index (χ1n) is 7.49. The second-order valence-electron chi connectivity index (χ2n) is 6.12. The predicted octanol–water partition coefficient (Wildman–Crippen LogP) is 0.319. The fraction of sp³-hybridized carbons (Fsp3) is 0.368.